The number of hydrogen-bond donors (Lipinski definition) is 0. The lowest BCUT2D eigenvalue weighted by Gasteiger charge is -2.06. The molecule has 3 rings (SSSR count). The van der Waals surface area contributed by atoms with Crippen molar-refractivity contribution in [3.8, 4) is 11.3 Å². The van der Waals surface area contributed by atoms with Crippen LogP contribution in [0, 0.1) is 0 Å². The van der Waals surface area contributed by atoms with Crippen LogP contribution < -0.4 is 0 Å². The van der Waals surface area contributed by atoms with Gasteiger partial charge in [0.1, 0.15) is 4.60 Å². The highest BCUT2D eigenvalue weighted by atomic mass is 79.9. The Morgan fingerprint density at radius 2 is 1.79 bits per heavy atom. The summed E-state index contributed by atoms with van der Waals surface area (Å²) in [4.78, 5) is 4.30. The van der Waals surface area contributed by atoms with Crippen LogP contribution >= 0.6 is 15.9 Å². The molecule has 0 bridgehead atoms. The standard InChI is InChI=1S/C15H14BrN3/c1-10(2)11-3-5-12(6-4-11)13-7-8-15-17-14(16)9-19(15)18-13/h3-10H,1-2H3. The number of rotatable bonds is 2. The van der Waals surface area contributed by atoms with Crippen molar-refractivity contribution in [1.82, 2.24) is 14.6 Å². The van der Waals surface area contributed by atoms with Crippen LogP contribution in [0.1, 0.15) is 25.3 Å². The Bertz CT molecular complexity index is 714. The van der Waals surface area contributed by atoms with Crippen molar-refractivity contribution >= 4 is 21.6 Å². The third-order valence-electron chi connectivity index (χ3n) is 3.16. The lowest BCUT2D eigenvalue weighted by atomic mass is 10.0. The maximum absolute atomic E-state index is 4.56. The highest BCUT2D eigenvalue weighted by Crippen LogP contribution is 2.21. The van der Waals surface area contributed by atoms with Gasteiger partial charge in [0, 0.05) is 5.56 Å². The van der Waals surface area contributed by atoms with Crippen LogP contribution in [0.2, 0.25) is 0 Å². The van der Waals surface area contributed by atoms with Gasteiger partial charge in [0.25, 0.3) is 0 Å². The van der Waals surface area contributed by atoms with Crippen molar-refractivity contribution in [3.05, 3.63) is 52.8 Å². The van der Waals surface area contributed by atoms with Crippen LogP contribution in [-0.2, 0) is 0 Å². The van der Waals surface area contributed by atoms with Crippen molar-refractivity contribution in [3.63, 3.8) is 0 Å². The first-order chi connectivity index (χ1) is 9.13. The van der Waals surface area contributed by atoms with E-state index in [1.165, 1.54) is 5.56 Å². The second kappa shape index (κ2) is 4.78. The maximum atomic E-state index is 4.56. The molecule has 0 atom stereocenters. The van der Waals surface area contributed by atoms with Crippen molar-refractivity contribution < 1.29 is 0 Å². The van der Waals surface area contributed by atoms with Crippen LogP contribution in [-0.4, -0.2) is 14.6 Å². The normalized spacial score (nSPS) is 11.4. The van der Waals surface area contributed by atoms with Gasteiger partial charge in [-0.2, -0.15) is 5.10 Å². The molecule has 0 unspecified atom stereocenters. The minimum Gasteiger partial charge on any atom is -0.220 e. The molecular weight excluding hydrogens is 302 g/mol. The summed E-state index contributed by atoms with van der Waals surface area (Å²) in [6.45, 7) is 4.39. The summed E-state index contributed by atoms with van der Waals surface area (Å²) in [5.74, 6) is 0.550. The molecule has 0 amide bonds. The van der Waals surface area contributed by atoms with E-state index >= 15 is 0 Å². The number of aromatic nitrogens is 3. The Balaban J connectivity index is 2.03. The highest BCUT2D eigenvalue weighted by molar-refractivity contribution is 9.10. The number of halogens is 1. The third-order valence-corrected chi connectivity index (χ3v) is 3.55. The van der Waals surface area contributed by atoms with Gasteiger partial charge in [-0.25, -0.2) is 9.50 Å². The van der Waals surface area contributed by atoms with Gasteiger partial charge in [0.15, 0.2) is 5.65 Å². The largest absolute Gasteiger partial charge is 0.220 e. The van der Waals surface area contributed by atoms with Crippen LogP contribution in [0.15, 0.2) is 47.2 Å². The average Bonchev–Trinajstić information content (AvgIpc) is 2.77. The molecule has 0 fully saturated rings. The Hall–Kier alpha value is -1.68. The summed E-state index contributed by atoms with van der Waals surface area (Å²) in [6, 6.07) is 12.5. The van der Waals surface area contributed by atoms with Crippen molar-refractivity contribution in [1.29, 1.82) is 0 Å². The van der Waals surface area contributed by atoms with E-state index in [-0.39, 0.29) is 0 Å². The van der Waals surface area contributed by atoms with Gasteiger partial charge in [-0.05, 0) is 39.5 Å². The molecule has 1 aromatic carbocycles. The maximum Gasteiger partial charge on any atom is 0.154 e. The Morgan fingerprint density at radius 1 is 1.05 bits per heavy atom. The topological polar surface area (TPSA) is 30.2 Å². The van der Waals surface area contributed by atoms with E-state index in [0.29, 0.717) is 5.92 Å². The molecule has 96 valence electrons. The fraction of sp³-hybridized carbons (Fsp3) is 0.200. The molecular formula is C15H14BrN3. The number of fused-ring (bicyclic) bond motifs is 1. The molecule has 3 aromatic rings. The second-order valence-electron chi connectivity index (χ2n) is 4.86. The summed E-state index contributed by atoms with van der Waals surface area (Å²) in [5, 5.41) is 4.56. The average molecular weight is 316 g/mol. The molecule has 4 heteroatoms. The first-order valence-corrected chi connectivity index (χ1v) is 7.05. The zero-order valence-electron chi connectivity index (χ0n) is 10.8. The molecule has 0 spiro atoms. The summed E-state index contributed by atoms with van der Waals surface area (Å²) in [7, 11) is 0. The molecule has 0 radical (unpaired) electrons. The van der Waals surface area contributed by atoms with Crippen LogP contribution in [0.3, 0.4) is 0 Å². The molecule has 0 saturated heterocycles. The van der Waals surface area contributed by atoms with E-state index in [4.69, 9.17) is 0 Å². The fourth-order valence-electron chi connectivity index (χ4n) is 2.05. The van der Waals surface area contributed by atoms with Gasteiger partial charge >= 0.3 is 0 Å². The van der Waals surface area contributed by atoms with E-state index in [1.54, 1.807) is 4.52 Å². The summed E-state index contributed by atoms with van der Waals surface area (Å²) < 4.78 is 2.59. The summed E-state index contributed by atoms with van der Waals surface area (Å²) in [6.07, 6.45) is 1.86. The van der Waals surface area contributed by atoms with E-state index in [1.807, 2.05) is 18.3 Å². The Labute approximate surface area is 120 Å². The van der Waals surface area contributed by atoms with Gasteiger partial charge in [-0.15, -0.1) is 0 Å². The van der Waals surface area contributed by atoms with E-state index in [2.05, 4.69) is 64.1 Å². The Kier molecular flexibility index (Phi) is 3.11. The molecule has 0 N–H and O–H groups in total. The lowest BCUT2D eigenvalue weighted by Crippen LogP contribution is -1.93. The first-order valence-electron chi connectivity index (χ1n) is 6.26. The van der Waals surface area contributed by atoms with Crippen molar-refractivity contribution in [2.75, 3.05) is 0 Å². The number of hydrogen-bond acceptors (Lipinski definition) is 2. The molecule has 0 aliphatic carbocycles. The van der Waals surface area contributed by atoms with E-state index in [9.17, 15) is 0 Å². The van der Waals surface area contributed by atoms with Crippen LogP contribution in [0.4, 0.5) is 0 Å². The summed E-state index contributed by atoms with van der Waals surface area (Å²) in [5.41, 5.74) is 4.26. The smallest absolute Gasteiger partial charge is 0.154 e. The summed E-state index contributed by atoms with van der Waals surface area (Å²) >= 11 is 3.36. The lowest BCUT2D eigenvalue weighted by molar-refractivity contribution is 0.866. The molecule has 0 saturated carbocycles. The van der Waals surface area contributed by atoms with Crippen LogP contribution in [0.5, 0.6) is 0 Å². The van der Waals surface area contributed by atoms with Gasteiger partial charge < -0.3 is 0 Å². The molecule has 19 heavy (non-hydrogen) atoms. The second-order valence-corrected chi connectivity index (χ2v) is 5.67. The number of nitrogens with zero attached hydrogens (tertiary/aromatic N) is 3. The SMILES string of the molecule is CC(C)c1ccc(-c2ccc3nc(Br)cn3n2)cc1. The van der Waals surface area contributed by atoms with E-state index < -0.39 is 0 Å². The molecule has 3 nitrogen and oxygen atoms in total. The van der Waals surface area contributed by atoms with Gasteiger partial charge in [-0.1, -0.05) is 38.1 Å². The fourth-order valence-corrected chi connectivity index (χ4v) is 2.42. The van der Waals surface area contributed by atoms with Gasteiger partial charge in [0.2, 0.25) is 0 Å². The Morgan fingerprint density at radius 3 is 2.47 bits per heavy atom. The monoisotopic (exact) mass is 315 g/mol. The van der Waals surface area contributed by atoms with Crippen molar-refractivity contribution in [2.45, 2.75) is 19.8 Å². The van der Waals surface area contributed by atoms with E-state index in [0.717, 1.165) is 21.5 Å². The quantitative estimate of drug-likeness (QED) is 0.706. The number of benzene rings is 1. The highest BCUT2D eigenvalue weighted by Gasteiger charge is 2.05. The molecule has 2 heterocycles. The number of imidazole rings is 1. The molecule has 0 aliphatic heterocycles. The van der Waals surface area contributed by atoms with Crippen molar-refractivity contribution in [2.24, 2.45) is 0 Å². The zero-order chi connectivity index (χ0) is 13.4. The van der Waals surface area contributed by atoms with Gasteiger partial charge in [-0.3, -0.25) is 0 Å². The zero-order valence-corrected chi connectivity index (χ0v) is 12.4. The predicted octanol–water partition coefficient (Wildman–Crippen LogP) is 4.28. The van der Waals surface area contributed by atoms with Crippen LogP contribution in [0.25, 0.3) is 16.9 Å². The third kappa shape index (κ3) is 2.40. The predicted molar refractivity (Wildman–Crippen MR) is 80.2 cm³/mol. The van der Waals surface area contributed by atoms with Gasteiger partial charge in [0.05, 0.1) is 11.9 Å². The molecule has 0 aliphatic rings. The molecule has 2 aromatic heterocycles. The minimum atomic E-state index is 0.550. The first kappa shape index (κ1) is 12.4. The minimum absolute atomic E-state index is 0.550.